The van der Waals surface area contributed by atoms with Crippen molar-refractivity contribution in [2.75, 3.05) is 5.73 Å². The van der Waals surface area contributed by atoms with Gasteiger partial charge in [0.2, 0.25) is 0 Å². The minimum Gasteiger partial charge on any atom is -0.399 e. The molecule has 0 radical (unpaired) electrons. The van der Waals surface area contributed by atoms with Crippen LogP contribution >= 0.6 is 15.9 Å². The Hall–Kier alpha value is -1.88. The number of hydrogen-bond acceptors (Lipinski definition) is 2. The molecule has 3 nitrogen and oxygen atoms in total. The average Bonchev–Trinajstić information content (AvgIpc) is 2.41. The Labute approximate surface area is 125 Å². The summed E-state index contributed by atoms with van der Waals surface area (Å²) in [6.07, 6.45) is 0. The van der Waals surface area contributed by atoms with Crippen LogP contribution in [-0.4, -0.2) is 5.91 Å². The maximum Gasteiger partial charge on any atom is 0.253 e. The zero-order valence-corrected chi connectivity index (χ0v) is 12.4. The number of nitrogens with two attached hydrogens (primary N) is 1. The highest BCUT2D eigenvalue weighted by Gasteiger charge is 2.16. The summed E-state index contributed by atoms with van der Waals surface area (Å²) in [7, 11) is 0. The van der Waals surface area contributed by atoms with Crippen molar-refractivity contribution < 1.29 is 9.18 Å². The molecule has 2 aromatic rings. The van der Waals surface area contributed by atoms with Gasteiger partial charge in [-0.3, -0.25) is 4.79 Å². The Morgan fingerprint density at radius 2 is 2.00 bits per heavy atom. The molecular formula is C15H14BrFN2O. The van der Waals surface area contributed by atoms with E-state index < -0.39 is 5.82 Å². The summed E-state index contributed by atoms with van der Waals surface area (Å²) >= 11 is 3.08. The van der Waals surface area contributed by atoms with Crippen LogP contribution in [0, 0.1) is 5.82 Å². The molecular weight excluding hydrogens is 323 g/mol. The minimum atomic E-state index is -0.464. The lowest BCUT2D eigenvalue weighted by Gasteiger charge is -2.15. The van der Waals surface area contributed by atoms with Crippen LogP contribution in [0.5, 0.6) is 0 Å². The highest BCUT2D eigenvalue weighted by atomic mass is 79.9. The van der Waals surface area contributed by atoms with Crippen LogP contribution in [0.3, 0.4) is 0 Å². The first-order valence-corrected chi connectivity index (χ1v) is 6.88. The lowest BCUT2D eigenvalue weighted by atomic mass is 10.1. The second kappa shape index (κ2) is 6.05. The summed E-state index contributed by atoms with van der Waals surface area (Å²) in [5.74, 6) is -0.805. The predicted octanol–water partition coefficient (Wildman–Crippen LogP) is 3.66. The van der Waals surface area contributed by atoms with E-state index in [0.717, 1.165) is 5.56 Å². The molecule has 2 rings (SSSR count). The standard InChI is InChI=1S/C15H14BrFN2O/c1-9(10-4-2-5-11(18)8-10)19-15(20)12-6-3-7-13(17)14(12)16/h2-9H,18H2,1H3,(H,19,20). The Morgan fingerprint density at radius 1 is 1.30 bits per heavy atom. The molecule has 0 aromatic heterocycles. The normalized spacial score (nSPS) is 11.9. The summed E-state index contributed by atoms with van der Waals surface area (Å²) in [5, 5.41) is 2.82. The van der Waals surface area contributed by atoms with Crippen LogP contribution in [0.2, 0.25) is 0 Å². The highest BCUT2D eigenvalue weighted by Crippen LogP contribution is 2.22. The van der Waals surface area contributed by atoms with Gasteiger partial charge in [0.15, 0.2) is 0 Å². The Balaban J connectivity index is 2.17. The summed E-state index contributed by atoms with van der Waals surface area (Å²) in [4.78, 5) is 12.1. The highest BCUT2D eigenvalue weighted by molar-refractivity contribution is 9.10. The SMILES string of the molecule is CC(NC(=O)c1cccc(F)c1Br)c1cccc(N)c1. The van der Waals surface area contributed by atoms with Crippen LogP contribution < -0.4 is 11.1 Å². The molecule has 1 atom stereocenters. The van der Waals surface area contributed by atoms with Gasteiger partial charge in [0, 0.05) is 5.69 Å². The molecule has 0 aliphatic rings. The van der Waals surface area contributed by atoms with E-state index in [-0.39, 0.29) is 22.0 Å². The first-order chi connectivity index (χ1) is 9.49. The van der Waals surface area contributed by atoms with Gasteiger partial charge in [0.05, 0.1) is 16.1 Å². The van der Waals surface area contributed by atoms with Crippen LogP contribution in [-0.2, 0) is 0 Å². The molecule has 0 bridgehead atoms. The number of rotatable bonds is 3. The zero-order valence-electron chi connectivity index (χ0n) is 10.9. The van der Waals surface area contributed by atoms with Gasteiger partial charge in [-0.05, 0) is 52.7 Å². The monoisotopic (exact) mass is 336 g/mol. The van der Waals surface area contributed by atoms with E-state index in [1.165, 1.54) is 12.1 Å². The van der Waals surface area contributed by atoms with E-state index in [4.69, 9.17) is 5.73 Å². The summed E-state index contributed by atoms with van der Waals surface area (Å²) in [5.41, 5.74) is 7.51. The Kier molecular flexibility index (Phi) is 4.39. The number of nitrogen functional groups attached to an aromatic ring is 1. The van der Waals surface area contributed by atoms with Gasteiger partial charge in [0.1, 0.15) is 5.82 Å². The number of hydrogen-bond donors (Lipinski definition) is 2. The van der Waals surface area contributed by atoms with E-state index in [1.54, 1.807) is 18.2 Å². The number of anilines is 1. The molecule has 3 N–H and O–H groups in total. The van der Waals surface area contributed by atoms with Crippen molar-refractivity contribution in [3.05, 3.63) is 63.9 Å². The van der Waals surface area contributed by atoms with E-state index >= 15 is 0 Å². The van der Waals surface area contributed by atoms with Crippen LogP contribution in [0.15, 0.2) is 46.9 Å². The molecule has 1 amide bonds. The Bertz CT molecular complexity index is 646. The van der Waals surface area contributed by atoms with E-state index in [1.807, 2.05) is 19.1 Å². The van der Waals surface area contributed by atoms with Crippen molar-refractivity contribution in [2.24, 2.45) is 0 Å². The van der Waals surface area contributed by atoms with Crippen LogP contribution in [0.25, 0.3) is 0 Å². The minimum absolute atomic E-state index is 0.164. The van der Waals surface area contributed by atoms with Gasteiger partial charge >= 0.3 is 0 Å². The van der Waals surface area contributed by atoms with E-state index in [9.17, 15) is 9.18 Å². The summed E-state index contributed by atoms with van der Waals surface area (Å²) in [6.45, 7) is 1.85. The molecule has 0 aliphatic heterocycles. The molecule has 0 saturated heterocycles. The molecule has 0 aliphatic carbocycles. The van der Waals surface area contributed by atoms with Gasteiger partial charge in [-0.2, -0.15) is 0 Å². The third-order valence-corrected chi connectivity index (χ3v) is 3.76. The topological polar surface area (TPSA) is 55.1 Å². The fraction of sp³-hybridized carbons (Fsp3) is 0.133. The van der Waals surface area contributed by atoms with Crippen molar-refractivity contribution in [2.45, 2.75) is 13.0 Å². The second-order valence-electron chi connectivity index (χ2n) is 4.47. The van der Waals surface area contributed by atoms with E-state index in [2.05, 4.69) is 21.2 Å². The summed E-state index contributed by atoms with van der Waals surface area (Å²) in [6, 6.07) is 11.4. The maximum atomic E-state index is 13.4. The number of nitrogens with one attached hydrogen (secondary N) is 1. The quantitative estimate of drug-likeness (QED) is 0.840. The van der Waals surface area contributed by atoms with Gasteiger partial charge in [-0.1, -0.05) is 18.2 Å². The van der Waals surface area contributed by atoms with Crippen molar-refractivity contribution >= 4 is 27.5 Å². The lowest BCUT2D eigenvalue weighted by Crippen LogP contribution is -2.27. The molecule has 20 heavy (non-hydrogen) atoms. The molecule has 0 heterocycles. The van der Waals surface area contributed by atoms with Gasteiger partial charge in [0.25, 0.3) is 5.91 Å². The number of benzene rings is 2. The lowest BCUT2D eigenvalue weighted by molar-refractivity contribution is 0.0938. The molecule has 104 valence electrons. The third kappa shape index (κ3) is 3.17. The first-order valence-electron chi connectivity index (χ1n) is 6.09. The fourth-order valence-corrected chi connectivity index (χ4v) is 2.31. The van der Waals surface area contributed by atoms with Crippen molar-refractivity contribution in [3.63, 3.8) is 0 Å². The molecule has 5 heteroatoms. The van der Waals surface area contributed by atoms with Gasteiger partial charge in [-0.25, -0.2) is 4.39 Å². The zero-order chi connectivity index (χ0) is 14.7. The summed E-state index contributed by atoms with van der Waals surface area (Å²) < 4.78 is 13.6. The largest absolute Gasteiger partial charge is 0.399 e. The second-order valence-corrected chi connectivity index (χ2v) is 5.26. The van der Waals surface area contributed by atoms with Gasteiger partial charge < -0.3 is 11.1 Å². The van der Waals surface area contributed by atoms with Crippen LogP contribution in [0.4, 0.5) is 10.1 Å². The van der Waals surface area contributed by atoms with Crippen molar-refractivity contribution in [1.82, 2.24) is 5.32 Å². The van der Waals surface area contributed by atoms with Crippen LogP contribution in [0.1, 0.15) is 28.9 Å². The number of amides is 1. The average molecular weight is 337 g/mol. The third-order valence-electron chi connectivity index (χ3n) is 2.95. The van der Waals surface area contributed by atoms with Crippen molar-refractivity contribution in [1.29, 1.82) is 0 Å². The Morgan fingerprint density at radius 3 is 2.70 bits per heavy atom. The number of carbonyl (C=O) groups excluding carboxylic acids is 1. The molecule has 0 spiro atoms. The van der Waals surface area contributed by atoms with Crippen molar-refractivity contribution in [3.8, 4) is 0 Å². The molecule has 0 saturated carbocycles. The predicted molar refractivity (Wildman–Crippen MR) is 80.8 cm³/mol. The number of carbonyl (C=O) groups is 1. The molecule has 0 fully saturated rings. The van der Waals surface area contributed by atoms with Gasteiger partial charge in [-0.15, -0.1) is 0 Å². The molecule has 2 aromatic carbocycles. The number of halogens is 2. The van der Waals surface area contributed by atoms with E-state index in [0.29, 0.717) is 5.69 Å². The molecule has 1 unspecified atom stereocenters. The maximum absolute atomic E-state index is 13.4. The smallest absolute Gasteiger partial charge is 0.253 e. The first kappa shape index (κ1) is 14.5. The fourth-order valence-electron chi connectivity index (χ4n) is 1.87.